The summed E-state index contributed by atoms with van der Waals surface area (Å²) in [5.41, 5.74) is 1.86. The molecule has 0 saturated carbocycles. The van der Waals surface area contributed by atoms with Crippen molar-refractivity contribution < 1.29 is 9.47 Å². The topological polar surface area (TPSA) is 42.2 Å². The lowest BCUT2D eigenvalue weighted by Crippen LogP contribution is -1.97. The highest BCUT2D eigenvalue weighted by molar-refractivity contribution is 6.30. The van der Waals surface area contributed by atoms with Crippen LogP contribution in [-0.4, -0.2) is 7.11 Å². The van der Waals surface area contributed by atoms with Gasteiger partial charge in [-0.2, -0.15) is 5.26 Å². The van der Waals surface area contributed by atoms with Crippen LogP contribution in [0.2, 0.25) is 5.02 Å². The molecule has 0 aliphatic heterocycles. The van der Waals surface area contributed by atoms with E-state index in [9.17, 15) is 0 Å². The van der Waals surface area contributed by atoms with Crippen LogP contribution in [0.25, 0.3) is 6.08 Å². The van der Waals surface area contributed by atoms with Crippen molar-refractivity contribution in [2.45, 2.75) is 6.61 Å². The van der Waals surface area contributed by atoms with Crippen LogP contribution in [-0.2, 0) is 6.61 Å². The van der Waals surface area contributed by atoms with Gasteiger partial charge in [0.2, 0.25) is 0 Å². The van der Waals surface area contributed by atoms with Crippen LogP contribution < -0.4 is 9.47 Å². The monoisotopic (exact) mass is 299 g/mol. The van der Waals surface area contributed by atoms with E-state index in [1.165, 1.54) is 6.08 Å². The molecule has 0 heterocycles. The van der Waals surface area contributed by atoms with Crippen molar-refractivity contribution in [2.24, 2.45) is 0 Å². The van der Waals surface area contributed by atoms with Gasteiger partial charge in [-0.15, -0.1) is 0 Å². The molecule has 21 heavy (non-hydrogen) atoms. The SMILES string of the molecule is COc1cc(C=CC#N)ccc1OCc1cccc(Cl)c1. The van der Waals surface area contributed by atoms with E-state index in [1.807, 2.05) is 48.5 Å². The quantitative estimate of drug-likeness (QED) is 0.765. The Morgan fingerprint density at radius 3 is 2.76 bits per heavy atom. The van der Waals surface area contributed by atoms with Crippen molar-refractivity contribution in [3.8, 4) is 17.6 Å². The second-order valence-electron chi connectivity index (χ2n) is 4.29. The van der Waals surface area contributed by atoms with Gasteiger partial charge in [0, 0.05) is 11.1 Å². The predicted octanol–water partition coefficient (Wildman–Crippen LogP) is 4.46. The summed E-state index contributed by atoms with van der Waals surface area (Å²) in [6.45, 7) is 0.407. The molecule has 3 nitrogen and oxygen atoms in total. The first-order valence-electron chi connectivity index (χ1n) is 6.34. The average Bonchev–Trinajstić information content (AvgIpc) is 2.51. The van der Waals surface area contributed by atoms with Gasteiger partial charge in [0.15, 0.2) is 11.5 Å². The van der Waals surface area contributed by atoms with Crippen LogP contribution in [0.4, 0.5) is 0 Å². The van der Waals surface area contributed by atoms with Crippen LogP contribution in [0.15, 0.2) is 48.5 Å². The minimum Gasteiger partial charge on any atom is -0.493 e. The van der Waals surface area contributed by atoms with E-state index in [-0.39, 0.29) is 0 Å². The van der Waals surface area contributed by atoms with Crippen molar-refractivity contribution in [3.63, 3.8) is 0 Å². The number of hydrogen-bond donors (Lipinski definition) is 0. The largest absolute Gasteiger partial charge is 0.493 e. The number of benzene rings is 2. The minimum absolute atomic E-state index is 0.407. The molecule has 4 heteroatoms. The molecule has 2 aromatic rings. The molecule has 0 fully saturated rings. The van der Waals surface area contributed by atoms with Crippen molar-refractivity contribution >= 4 is 17.7 Å². The molecule has 2 aromatic carbocycles. The Balaban J connectivity index is 2.13. The summed E-state index contributed by atoms with van der Waals surface area (Å²) in [5, 5.41) is 9.22. The van der Waals surface area contributed by atoms with Crippen molar-refractivity contribution in [1.82, 2.24) is 0 Å². The maximum atomic E-state index is 8.54. The molecule has 0 atom stereocenters. The Bertz CT molecular complexity index is 689. The minimum atomic E-state index is 0.407. The van der Waals surface area contributed by atoms with Crippen molar-refractivity contribution in [2.75, 3.05) is 7.11 Å². The molecule has 0 saturated heterocycles. The van der Waals surface area contributed by atoms with Crippen LogP contribution in [0.5, 0.6) is 11.5 Å². The van der Waals surface area contributed by atoms with Gasteiger partial charge in [-0.3, -0.25) is 0 Å². The Hall–Kier alpha value is -2.44. The van der Waals surface area contributed by atoms with Crippen LogP contribution >= 0.6 is 11.6 Å². The summed E-state index contributed by atoms with van der Waals surface area (Å²) in [7, 11) is 1.58. The number of methoxy groups -OCH3 is 1. The van der Waals surface area contributed by atoms with Gasteiger partial charge < -0.3 is 9.47 Å². The number of halogens is 1. The Labute approximate surface area is 129 Å². The summed E-state index contributed by atoms with van der Waals surface area (Å²) in [6, 6.07) is 15.0. The number of rotatable bonds is 5. The molecule has 0 aliphatic carbocycles. The summed E-state index contributed by atoms with van der Waals surface area (Å²) in [4.78, 5) is 0. The fourth-order valence-electron chi connectivity index (χ4n) is 1.83. The molecule has 0 N–H and O–H groups in total. The zero-order chi connectivity index (χ0) is 15.1. The van der Waals surface area contributed by atoms with E-state index in [4.69, 9.17) is 26.3 Å². The first kappa shape index (κ1) is 15.0. The highest BCUT2D eigenvalue weighted by Crippen LogP contribution is 2.29. The van der Waals surface area contributed by atoms with Crippen molar-refractivity contribution in [3.05, 3.63) is 64.7 Å². The highest BCUT2D eigenvalue weighted by atomic mass is 35.5. The van der Waals surface area contributed by atoms with Gasteiger partial charge in [-0.1, -0.05) is 29.8 Å². The molecule has 0 unspecified atom stereocenters. The Morgan fingerprint density at radius 2 is 2.05 bits per heavy atom. The second-order valence-corrected chi connectivity index (χ2v) is 4.73. The van der Waals surface area contributed by atoms with Gasteiger partial charge in [0.05, 0.1) is 13.2 Å². The molecule has 0 spiro atoms. The number of ether oxygens (including phenoxy) is 2. The van der Waals surface area contributed by atoms with E-state index in [2.05, 4.69) is 0 Å². The smallest absolute Gasteiger partial charge is 0.161 e. The lowest BCUT2D eigenvalue weighted by molar-refractivity contribution is 0.284. The summed E-state index contributed by atoms with van der Waals surface area (Å²) in [6.07, 6.45) is 3.13. The van der Waals surface area contributed by atoms with E-state index < -0.39 is 0 Å². The van der Waals surface area contributed by atoms with Crippen LogP contribution in [0.3, 0.4) is 0 Å². The second kappa shape index (κ2) is 7.37. The van der Waals surface area contributed by atoms with Crippen LogP contribution in [0, 0.1) is 11.3 Å². The number of allylic oxidation sites excluding steroid dienone is 1. The molecule has 2 rings (SSSR count). The summed E-state index contributed by atoms with van der Waals surface area (Å²) < 4.78 is 11.1. The Kier molecular flexibility index (Phi) is 5.25. The maximum absolute atomic E-state index is 8.54. The van der Waals surface area contributed by atoms with Crippen LogP contribution in [0.1, 0.15) is 11.1 Å². The lowest BCUT2D eigenvalue weighted by Gasteiger charge is -2.11. The zero-order valence-corrected chi connectivity index (χ0v) is 12.3. The van der Waals surface area contributed by atoms with Gasteiger partial charge >= 0.3 is 0 Å². The van der Waals surface area contributed by atoms with Gasteiger partial charge in [-0.25, -0.2) is 0 Å². The third-order valence-electron chi connectivity index (χ3n) is 2.82. The fourth-order valence-corrected chi connectivity index (χ4v) is 2.04. The van der Waals surface area contributed by atoms with Gasteiger partial charge in [0.25, 0.3) is 0 Å². The molecule has 0 aromatic heterocycles. The standard InChI is InChI=1S/C17H14ClNO2/c1-20-17-11-13(5-3-9-19)7-8-16(17)21-12-14-4-2-6-15(18)10-14/h2-8,10-11H,12H2,1H3. The zero-order valence-electron chi connectivity index (χ0n) is 11.5. The first-order chi connectivity index (χ1) is 10.2. The maximum Gasteiger partial charge on any atom is 0.161 e. The molecular formula is C17H14ClNO2. The number of nitriles is 1. The number of hydrogen-bond acceptors (Lipinski definition) is 3. The fraction of sp³-hybridized carbons (Fsp3) is 0.118. The van der Waals surface area contributed by atoms with E-state index in [1.54, 1.807) is 13.2 Å². The molecule has 0 aliphatic rings. The van der Waals surface area contributed by atoms with Crippen molar-refractivity contribution in [1.29, 1.82) is 5.26 Å². The molecule has 0 radical (unpaired) electrons. The first-order valence-corrected chi connectivity index (χ1v) is 6.72. The Morgan fingerprint density at radius 1 is 1.19 bits per heavy atom. The normalized spacial score (nSPS) is 10.3. The third-order valence-corrected chi connectivity index (χ3v) is 3.06. The van der Waals surface area contributed by atoms with E-state index in [0.717, 1.165) is 11.1 Å². The summed E-state index contributed by atoms with van der Waals surface area (Å²) >= 11 is 5.94. The van der Waals surface area contributed by atoms with Gasteiger partial charge in [0.1, 0.15) is 6.61 Å². The van der Waals surface area contributed by atoms with E-state index >= 15 is 0 Å². The average molecular weight is 300 g/mol. The molecular weight excluding hydrogens is 286 g/mol. The molecule has 0 bridgehead atoms. The third kappa shape index (κ3) is 4.27. The lowest BCUT2D eigenvalue weighted by atomic mass is 10.2. The number of nitrogens with zero attached hydrogens (tertiary/aromatic N) is 1. The predicted molar refractivity (Wildman–Crippen MR) is 83.4 cm³/mol. The molecule has 106 valence electrons. The summed E-state index contributed by atoms with van der Waals surface area (Å²) in [5.74, 6) is 1.27. The highest BCUT2D eigenvalue weighted by Gasteiger charge is 2.05. The molecule has 0 amide bonds. The van der Waals surface area contributed by atoms with Gasteiger partial charge in [-0.05, 0) is 41.5 Å². The van der Waals surface area contributed by atoms with E-state index in [0.29, 0.717) is 23.1 Å².